The largest absolute Gasteiger partial charge is 0.481 e. The molecule has 0 aliphatic carbocycles. The smallest absolute Gasteiger partial charge is 0.343 e. The van der Waals surface area contributed by atoms with E-state index < -0.39 is 17.7 Å². The first-order chi connectivity index (χ1) is 13.7. The maximum atomic E-state index is 13.2. The Hall–Kier alpha value is -3.37. The number of carbonyl (C=O) groups is 2. The van der Waals surface area contributed by atoms with Crippen molar-refractivity contribution in [2.24, 2.45) is 0 Å². The van der Waals surface area contributed by atoms with Crippen molar-refractivity contribution >= 4 is 35.2 Å². The number of ether oxygens (including phenoxy) is 2. The molecule has 0 fully saturated rings. The number of aryl methyl sites for hydroxylation is 2. The van der Waals surface area contributed by atoms with Gasteiger partial charge in [-0.05, 0) is 66.9 Å². The molecule has 0 unspecified atom stereocenters. The van der Waals surface area contributed by atoms with Crippen LogP contribution < -0.4 is 10.1 Å². The number of nitrogens with zero attached hydrogens (tertiary/aromatic N) is 1. The predicted molar refractivity (Wildman–Crippen MR) is 107 cm³/mol. The van der Waals surface area contributed by atoms with E-state index in [1.165, 1.54) is 25.3 Å². The van der Waals surface area contributed by atoms with E-state index in [2.05, 4.69) is 10.1 Å². The lowest BCUT2D eigenvalue weighted by Gasteiger charge is -2.12. The fraction of sp³-hybridized carbons (Fsp3) is 0.190. The van der Waals surface area contributed by atoms with Gasteiger partial charge in [-0.25, -0.2) is 9.18 Å². The summed E-state index contributed by atoms with van der Waals surface area (Å²) in [6.07, 6.45) is 1.42. The number of carbonyl (C=O) groups excluding carboxylic acids is 2. The van der Waals surface area contributed by atoms with Crippen molar-refractivity contribution in [2.75, 3.05) is 19.0 Å². The van der Waals surface area contributed by atoms with Gasteiger partial charge < -0.3 is 14.8 Å². The minimum absolute atomic E-state index is 0.140. The second-order valence-corrected chi connectivity index (χ2v) is 6.51. The van der Waals surface area contributed by atoms with E-state index in [0.29, 0.717) is 11.3 Å². The van der Waals surface area contributed by atoms with Gasteiger partial charge in [-0.1, -0.05) is 11.6 Å². The highest BCUT2D eigenvalue weighted by Crippen LogP contribution is 2.26. The fourth-order valence-corrected chi connectivity index (χ4v) is 2.75. The molecule has 2 aromatic carbocycles. The molecular weight excluding hydrogens is 399 g/mol. The Bertz CT molecular complexity index is 1000. The quantitative estimate of drug-likeness (QED) is 0.433. The summed E-state index contributed by atoms with van der Waals surface area (Å²) < 4.78 is 23.3. The van der Waals surface area contributed by atoms with Crippen molar-refractivity contribution < 1.29 is 23.5 Å². The standard InChI is InChI=1S/C21H18ClFN2O4/c1-12-6-14(7-13(2)20(12)29-11-19(26)28-3)8-15(10-24)21(27)25-16-4-5-18(23)17(22)9-16/h4-9H,11H2,1-3H3,(H,25,27)/b15-8-. The average Bonchev–Trinajstić information content (AvgIpc) is 2.67. The number of esters is 1. The highest BCUT2D eigenvalue weighted by molar-refractivity contribution is 6.31. The summed E-state index contributed by atoms with van der Waals surface area (Å²) in [5.74, 6) is -1.24. The Balaban J connectivity index is 2.23. The number of methoxy groups -OCH3 is 1. The third kappa shape index (κ3) is 5.80. The molecule has 0 saturated heterocycles. The first kappa shape index (κ1) is 21.9. The van der Waals surface area contributed by atoms with Crippen LogP contribution in [-0.2, 0) is 14.3 Å². The van der Waals surface area contributed by atoms with Gasteiger partial charge >= 0.3 is 5.97 Å². The molecule has 6 nitrogen and oxygen atoms in total. The van der Waals surface area contributed by atoms with Gasteiger partial charge in [0.15, 0.2) is 6.61 Å². The molecule has 0 aliphatic heterocycles. The third-order valence-corrected chi connectivity index (χ3v) is 4.19. The Morgan fingerprint density at radius 1 is 1.24 bits per heavy atom. The molecule has 29 heavy (non-hydrogen) atoms. The molecule has 0 heterocycles. The van der Waals surface area contributed by atoms with Crippen LogP contribution in [0.15, 0.2) is 35.9 Å². The van der Waals surface area contributed by atoms with Crippen LogP contribution in [0.2, 0.25) is 5.02 Å². The zero-order valence-electron chi connectivity index (χ0n) is 16.0. The molecule has 0 aliphatic rings. The second kappa shape index (κ2) is 9.71. The second-order valence-electron chi connectivity index (χ2n) is 6.10. The van der Waals surface area contributed by atoms with E-state index in [1.54, 1.807) is 26.0 Å². The van der Waals surface area contributed by atoms with Gasteiger partial charge in [0.1, 0.15) is 23.2 Å². The Kier molecular flexibility index (Phi) is 7.34. The van der Waals surface area contributed by atoms with Crippen molar-refractivity contribution in [3.63, 3.8) is 0 Å². The highest BCUT2D eigenvalue weighted by atomic mass is 35.5. The number of hydrogen-bond acceptors (Lipinski definition) is 5. The predicted octanol–water partition coefficient (Wildman–Crippen LogP) is 4.19. The number of nitriles is 1. The van der Waals surface area contributed by atoms with Gasteiger partial charge in [0.05, 0.1) is 12.1 Å². The fourth-order valence-electron chi connectivity index (χ4n) is 2.57. The Morgan fingerprint density at radius 2 is 1.90 bits per heavy atom. The van der Waals surface area contributed by atoms with Crippen molar-refractivity contribution in [3.05, 3.63) is 63.4 Å². The van der Waals surface area contributed by atoms with E-state index in [0.717, 1.165) is 17.2 Å². The molecule has 2 aromatic rings. The highest BCUT2D eigenvalue weighted by Gasteiger charge is 2.13. The van der Waals surface area contributed by atoms with Crippen LogP contribution in [0, 0.1) is 31.0 Å². The Labute approximate surface area is 172 Å². The summed E-state index contributed by atoms with van der Waals surface area (Å²) in [7, 11) is 1.27. The number of benzene rings is 2. The van der Waals surface area contributed by atoms with Gasteiger partial charge in [-0.3, -0.25) is 4.79 Å². The molecule has 150 valence electrons. The number of halogens is 2. The number of amides is 1. The molecule has 0 spiro atoms. The SMILES string of the molecule is COC(=O)COc1c(C)cc(/C=C(/C#N)C(=O)Nc2ccc(F)c(Cl)c2)cc1C. The van der Waals surface area contributed by atoms with Crippen LogP contribution in [0.4, 0.5) is 10.1 Å². The molecule has 1 N–H and O–H groups in total. The summed E-state index contributed by atoms with van der Waals surface area (Å²) in [6.45, 7) is 3.34. The molecule has 0 aromatic heterocycles. The molecule has 0 bridgehead atoms. The topological polar surface area (TPSA) is 88.4 Å². The number of rotatable bonds is 6. The van der Waals surface area contributed by atoms with E-state index in [1.807, 2.05) is 6.07 Å². The molecule has 0 atom stereocenters. The number of hydrogen-bond donors (Lipinski definition) is 1. The summed E-state index contributed by atoms with van der Waals surface area (Å²) in [5.41, 5.74) is 2.18. The lowest BCUT2D eigenvalue weighted by molar-refractivity contribution is -0.142. The van der Waals surface area contributed by atoms with E-state index in [4.69, 9.17) is 16.3 Å². The molecule has 1 amide bonds. The van der Waals surface area contributed by atoms with Crippen LogP contribution in [0.1, 0.15) is 16.7 Å². The minimum Gasteiger partial charge on any atom is -0.481 e. The molecule has 0 saturated carbocycles. The lowest BCUT2D eigenvalue weighted by Crippen LogP contribution is -2.14. The van der Waals surface area contributed by atoms with Gasteiger partial charge in [-0.2, -0.15) is 5.26 Å². The molecular formula is C21H18ClFN2O4. The normalized spacial score (nSPS) is 10.8. The summed E-state index contributed by atoms with van der Waals surface area (Å²) in [5, 5.41) is 11.7. The van der Waals surface area contributed by atoms with Crippen LogP contribution in [0.5, 0.6) is 5.75 Å². The molecule has 0 radical (unpaired) electrons. The van der Waals surface area contributed by atoms with Gasteiger partial charge in [0.25, 0.3) is 5.91 Å². The molecule has 2 rings (SSSR count). The van der Waals surface area contributed by atoms with Crippen molar-refractivity contribution in [3.8, 4) is 11.8 Å². The van der Waals surface area contributed by atoms with E-state index in [9.17, 15) is 19.2 Å². The van der Waals surface area contributed by atoms with Gasteiger partial charge in [-0.15, -0.1) is 0 Å². The lowest BCUT2D eigenvalue weighted by atomic mass is 10.0. The van der Waals surface area contributed by atoms with Gasteiger partial charge in [0, 0.05) is 5.69 Å². The number of nitrogens with one attached hydrogen (secondary N) is 1. The maximum Gasteiger partial charge on any atom is 0.343 e. The van der Waals surface area contributed by atoms with E-state index >= 15 is 0 Å². The summed E-state index contributed by atoms with van der Waals surface area (Å²) in [6, 6.07) is 9.01. The minimum atomic E-state index is -0.656. The van der Waals surface area contributed by atoms with Gasteiger partial charge in [0.2, 0.25) is 0 Å². The zero-order chi connectivity index (χ0) is 21.6. The third-order valence-electron chi connectivity index (χ3n) is 3.90. The van der Waals surface area contributed by atoms with Crippen LogP contribution in [-0.4, -0.2) is 25.6 Å². The van der Waals surface area contributed by atoms with Crippen LogP contribution in [0.25, 0.3) is 6.08 Å². The van der Waals surface area contributed by atoms with E-state index in [-0.39, 0.29) is 22.9 Å². The first-order valence-corrected chi connectivity index (χ1v) is 8.82. The first-order valence-electron chi connectivity index (χ1n) is 8.44. The van der Waals surface area contributed by atoms with Crippen molar-refractivity contribution in [2.45, 2.75) is 13.8 Å². The Morgan fingerprint density at radius 3 is 2.45 bits per heavy atom. The summed E-state index contributed by atoms with van der Waals surface area (Å²) >= 11 is 5.70. The summed E-state index contributed by atoms with van der Waals surface area (Å²) in [4.78, 5) is 23.6. The average molecular weight is 417 g/mol. The maximum absolute atomic E-state index is 13.2. The van der Waals surface area contributed by atoms with Crippen LogP contribution in [0.3, 0.4) is 0 Å². The van der Waals surface area contributed by atoms with Crippen molar-refractivity contribution in [1.29, 1.82) is 5.26 Å². The van der Waals surface area contributed by atoms with Crippen LogP contribution >= 0.6 is 11.6 Å². The number of anilines is 1. The zero-order valence-corrected chi connectivity index (χ0v) is 16.8. The molecule has 8 heteroatoms. The monoisotopic (exact) mass is 416 g/mol. The van der Waals surface area contributed by atoms with Crippen molar-refractivity contribution in [1.82, 2.24) is 0 Å².